The van der Waals surface area contributed by atoms with Crippen molar-refractivity contribution in [3.05, 3.63) is 28.3 Å². The summed E-state index contributed by atoms with van der Waals surface area (Å²) in [6.07, 6.45) is 1.62. The van der Waals surface area contributed by atoms with Gasteiger partial charge in [0.1, 0.15) is 0 Å². The van der Waals surface area contributed by atoms with Gasteiger partial charge in [-0.2, -0.15) is 5.21 Å². The Labute approximate surface area is 131 Å². The summed E-state index contributed by atoms with van der Waals surface area (Å²) in [5.41, 5.74) is -0.212. The molecule has 1 fully saturated rings. The third-order valence-electron chi connectivity index (χ3n) is 3.80. The number of hydrogen-bond acceptors (Lipinski definition) is 7. The number of nitrogens with one attached hydrogen (secondary N) is 2. The van der Waals surface area contributed by atoms with Crippen LogP contribution in [0.2, 0.25) is 0 Å². The quantitative estimate of drug-likeness (QED) is 0.587. The molecule has 23 heavy (non-hydrogen) atoms. The van der Waals surface area contributed by atoms with Gasteiger partial charge < -0.3 is 0 Å². The number of nitro groups is 1. The van der Waals surface area contributed by atoms with E-state index in [1.807, 2.05) is 6.92 Å². The van der Waals surface area contributed by atoms with Gasteiger partial charge in [-0.05, 0) is 29.7 Å². The number of benzene rings is 1. The second kappa shape index (κ2) is 5.66. The zero-order chi connectivity index (χ0) is 16.6. The van der Waals surface area contributed by atoms with Crippen molar-refractivity contribution in [2.45, 2.75) is 30.7 Å². The molecule has 0 spiro atoms. The number of rotatable bonds is 6. The Bertz CT molecular complexity index is 835. The maximum Gasteiger partial charge on any atom is 0.290 e. The highest BCUT2D eigenvalue weighted by atomic mass is 32.2. The maximum atomic E-state index is 12.4. The Morgan fingerprint density at radius 2 is 2.26 bits per heavy atom. The second-order valence-corrected chi connectivity index (χ2v) is 6.99. The molecule has 122 valence electrons. The fourth-order valence-electron chi connectivity index (χ4n) is 2.42. The zero-order valence-electron chi connectivity index (χ0n) is 12.1. The average molecular weight is 338 g/mol. The molecule has 0 aliphatic heterocycles. The van der Waals surface area contributed by atoms with Gasteiger partial charge in [0, 0.05) is 17.7 Å². The van der Waals surface area contributed by atoms with Gasteiger partial charge in [-0.1, -0.05) is 13.3 Å². The first-order valence-corrected chi connectivity index (χ1v) is 8.45. The van der Waals surface area contributed by atoms with Crippen LogP contribution >= 0.6 is 0 Å². The third kappa shape index (κ3) is 3.05. The molecule has 1 aromatic carbocycles. The van der Waals surface area contributed by atoms with E-state index in [-0.39, 0.29) is 16.8 Å². The molecule has 1 aliphatic carbocycles. The second-order valence-electron chi connectivity index (χ2n) is 5.31. The Morgan fingerprint density at radius 3 is 2.83 bits per heavy atom. The molecule has 0 bridgehead atoms. The van der Waals surface area contributed by atoms with Gasteiger partial charge in [0.2, 0.25) is 15.8 Å². The lowest BCUT2D eigenvalue weighted by molar-refractivity contribution is -0.387. The van der Waals surface area contributed by atoms with Crippen molar-refractivity contribution in [2.24, 2.45) is 5.92 Å². The van der Waals surface area contributed by atoms with Crippen LogP contribution in [0.3, 0.4) is 0 Å². The fraction of sp³-hybridized carbons (Fsp3) is 0.417. The predicted octanol–water partition coefficient (Wildman–Crippen LogP) is 0.852. The summed E-state index contributed by atoms with van der Waals surface area (Å²) in [5.74, 6) is 0.445. The fourth-order valence-corrected chi connectivity index (χ4v) is 3.89. The lowest BCUT2D eigenvalue weighted by Crippen LogP contribution is -2.27. The number of aromatic amines is 1. The minimum Gasteiger partial charge on any atom is -0.258 e. The summed E-state index contributed by atoms with van der Waals surface area (Å²) in [6, 6.07) is 3.58. The van der Waals surface area contributed by atoms with Crippen molar-refractivity contribution in [3.63, 3.8) is 0 Å². The van der Waals surface area contributed by atoms with Gasteiger partial charge >= 0.3 is 0 Å². The van der Waals surface area contributed by atoms with Crippen molar-refractivity contribution in [3.8, 4) is 11.4 Å². The number of hydrogen-bond donors (Lipinski definition) is 2. The van der Waals surface area contributed by atoms with Crippen LogP contribution in [0.4, 0.5) is 5.69 Å². The number of nitro benzene ring substituents is 1. The minimum absolute atomic E-state index is 0.151. The summed E-state index contributed by atoms with van der Waals surface area (Å²) < 4.78 is 27.3. The molecule has 0 saturated heterocycles. The summed E-state index contributed by atoms with van der Waals surface area (Å²) in [4.78, 5) is 10.2. The van der Waals surface area contributed by atoms with Gasteiger partial charge in [0.05, 0.1) is 4.92 Å². The van der Waals surface area contributed by atoms with Crippen molar-refractivity contribution in [1.29, 1.82) is 0 Å². The minimum atomic E-state index is -3.96. The molecule has 1 saturated carbocycles. The van der Waals surface area contributed by atoms with Crippen molar-refractivity contribution in [1.82, 2.24) is 25.3 Å². The van der Waals surface area contributed by atoms with E-state index >= 15 is 0 Å². The van der Waals surface area contributed by atoms with E-state index < -0.39 is 20.6 Å². The number of sulfonamides is 1. The molecule has 1 aromatic heterocycles. The first-order chi connectivity index (χ1) is 10.9. The lowest BCUT2D eigenvalue weighted by Gasteiger charge is -2.07. The van der Waals surface area contributed by atoms with E-state index in [2.05, 4.69) is 25.3 Å². The molecule has 0 unspecified atom stereocenters. The molecule has 0 radical (unpaired) electrons. The summed E-state index contributed by atoms with van der Waals surface area (Å²) in [6.45, 7) is 1.97. The van der Waals surface area contributed by atoms with Crippen LogP contribution in [-0.4, -0.2) is 40.0 Å². The first-order valence-electron chi connectivity index (χ1n) is 6.97. The van der Waals surface area contributed by atoms with Crippen molar-refractivity contribution in [2.75, 3.05) is 0 Å². The third-order valence-corrected chi connectivity index (χ3v) is 5.34. The predicted molar refractivity (Wildman–Crippen MR) is 78.8 cm³/mol. The van der Waals surface area contributed by atoms with E-state index in [1.54, 1.807) is 0 Å². The molecule has 2 N–H and O–H groups in total. The molecule has 10 nitrogen and oxygen atoms in total. The van der Waals surface area contributed by atoms with E-state index in [9.17, 15) is 18.5 Å². The topological polar surface area (TPSA) is 144 Å². The van der Waals surface area contributed by atoms with E-state index in [4.69, 9.17) is 0 Å². The van der Waals surface area contributed by atoms with Crippen LogP contribution in [0.5, 0.6) is 0 Å². The van der Waals surface area contributed by atoms with Gasteiger partial charge in [0.15, 0.2) is 4.90 Å². The van der Waals surface area contributed by atoms with Crippen molar-refractivity contribution < 1.29 is 13.3 Å². The molecular formula is C12H14N6O4S. The molecule has 0 amide bonds. The van der Waals surface area contributed by atoms with Crippen LogP contribution in [0, 0.1) is 16.0 Å². The Morgan fingerprint density at radius 1 is 1.48 bits per heavy atom. The monoisotopic (exact) mass is 338 g/mol. The van der Waals surface area contributed by atoms with Gasteiger partial charge in [-0.15, -0.1) is 10.2 Å². The zero-order valence-corrected chi connectivity index (χ0v) is 12.9. The van der Waals surface area contributed by atoms with E-state index in [0.717, 1.165) is 18.9 Å². The first kappa shape index (κ1) is 15.5. The average Bonchev–Trinajstić information content (AvgIpc) is 3.02. The summed E-state index contributed by atoms with van der Waals surface area (Å²) >= 11 is 0. The SMILES string of the molecule is CC[C@@H]1C[C@H]1NS(=O)(=O)c1ccc(-c2nn[nH]n2)cc1[N+](=O)[O-]. The van der Waals surface area contributed by atoms with Crippen LogP contribution in [0.25, 0.3) is 11.4 Å². The van der Waals surface area contributed by atoms with Gasteiger partial charge in [-0.3, -0.25) is 10.1 Å². The molecular weight excluding hydrogens is 324 g/mol. The largest absolute Gasteiger partial charge is 0.290 e. The standard InChI is InChI=1S/C12H14N6O4S/c1-2-7-5-9(7)15-23(21,22)11-4-3-8(6-10(11)18(19)20)12-13-16-17-14-12/h3-4,6-7,9,15H,2,5H2,1H3,(H,13,14,16,17)/t7-,9-/m1/s1. The number of aromatic nitrogens is 4. The lowest BCUT2D eigenvalue weighted by atomic mass is 10.2. The van der Waals surface area contributed by atoms with E-state index in [1.165, 1.54) is 12.1 Å². The highest BCUT2D eigenvalue weighted by Gasteiger charge is 2.40. The van der Waals surface area contributed by atoms with Crippen LogP contribution in [-0.2, 0) is 10.0 Å². The van der Waals surface area contributed by atoms with Crippen molar-refractivity contribution >= 4 is 15.7 Å². The molecule has 2 aromatic rings. The molecule has 3 rings (SSSR count). The summed E-state index contributed by atoms with van der Waals surface area (Å²) in [5, 5.41) is 24.3. The molecule has 1 heterocycles. The highest BCUT2D eigenvalue weighted by Crippen LogP contribution is 2.36. The van der Waals surface area contributed by atoms with Crippen LogP contribution < -0.4 is 4.72 Å². The molecule has 2 atom stereocenters. The number of tetrazole rings is 1. The van der Waals surface area contributed by atoms with Crippen LogP contribution in [0.15, 0.2) is 23.1 Å². The molecule has 1 aliphatic rings. The maximum absolute atomic E-state index is 12.4. The van der Waals surface area contributed by atoms with E-state index in [0.29, 0.717) is 11.5 Å². The Hall–Kier alpha value is -2.40. The highest BCUT2D eigenvalue weighted by molar-refractivity contribution is 7.89. The summed E-state index contributed by atoms with van der Waals surface area (Å²) in [7, 11) is -3.96. The van der Waals surface area contributed by atoms with Crippen LogP contribution in [0.1, 0.15) is 19.8 Å². The van der Waals surface area contributed by atoms with Gasteiger partial charge in [-0.25, -0.2) is 13.1 Å². The van der Waals surface area contributed by atoms with Gasteiger partial charge in [0.25, 0.3) is 5.69 Å². The Balaban J connectivity index is 1.97. The number of H-pyrrole nitrogens is 1. The smallest absolute Gasteiger partial charge is 0.258 e. The molecule has 11 heteroatoms. The number of nitrogens with zero attached hydrogens (tertiary/aromatic N) is 4. The Kier molecular flexibility index (Phi) is 3.82. The normalized spacial score (nSPS) is 20.4.